The molecule has 1 aromatic heterocycles. The first-order valence-corrected chi connectivity index (χ1v) is 9.56. The maximum absolute atomic E-state index is 10.5. The molecular formula is C15H31N2O4P. The average Bonchev–Trinajstić information content (AvgIpc) is 2.97. The van der Waals surface area contributed by atoms with Crippen LogP contribution in [-0.2, 0) is 20.2 Å². The van der Waals surface area contributed by atoms with Gasteiger partial charge in [0.15, 0.2) is 0 Å². The van der Waals surface area contributed by atoms with Crippen LogP contribution in [0.2, 0.25) is 0 Å². The van der Waals surface area contributed by atoms with Crippen LogP contribution in [0.15, 0.2) is 18.7 Å². The van der Waals surface area contributed by atoms with E-state index in [-0.39, 0.29) is 13.2 Å². The molecule has 0 radical (unpaired) electrons. The van der Waals surface area contributed by atoms with E-state index in [9.17, 15) is 4.57 Å². The Morgan fingerprint density at radius 1 is 1.23 bits per heavy atom. The molecule has 0 saturated heterocycles. The van der Waals surface area contributed by atoms with Crippen LogP contribution in [0.4, 0.5) is 0 Å². The summed E-state index contributed by atoms with van der Waals surface area (Å²) in [7, 11) is -3.69. The Hall–Kier alpha value is -0.680. The number of unbranched alkanes of at least 4 members (excludes halogenated alkanes) is 1. The van der Waals surface area contributed by atoms with E-state index in [1.54, 1.807) is 13.8 Å². The maximum atomic E-state index is 10.5. The van der Waals surface area contributed by atoms with Crippen molar-refractivity contribution in [1.82, 2.24) is 9.55 Å². The van der Waals surface area contributed by atoms with E-state index in [0.717, 1.165) is 12.5 Å². The number of imidazole rings is 1. The van der Waals surface area contributed by atoms with Crippen molar-refractivity contribution < 1.29 is 18.5 Å². The third-order valence-corrected chi connectivity index (χ3v) is 4.32. The number of nitrogens with zero attached hydrogens (tertiary/aromatic N) is 2. The van der Waals surface area contributed by atoms with E-state index >= 15 is 0 Å². The zero-order valence-electron chi connectivity index (χ0n) is 14.3. The molecule has 1 atom stereocenters. The van der Waals surface area contributed by atoms with Crippen LogP contribution in [0.1, 0.15) is 53.4 Å². The average molecular weight is 334 g/mol. The van der Waals surface area contributed by atoms with Crippen LogP contribution in [0.3, 0.4) is 0 Å². The topological polar surface area (TPSA) is 73.6 Å². The Kier molecular flexibility index (Phi) is 12.4. The van der Waals surface area contributed by atoms with Gasteiger partial charge in [-0.2, -0.15) is 0 Å². The lowest BCUT2D eigenvalue weighted by Crippen LogP contribution is -2.08. The molecule has 1 aromatic rings. The van der Waals surface area contributed by atoms with Gasteiger partial charge in [-0.1, -0.05) is 33.1 Å². The maximum Gasteiger partial charge on any atom is 0.472 e. The SMILES string of the molecule is CCCCC(CC)Cn1ccnc1.CCOP(=O)(O)OCC. The predicted octanol–water partition coefficient (Wildman–Crippen LogP) is 4.26. The van der Waals surface area contributed by atoms with Crippen molar-refractivity contribution >= 4 is 7.82 Å². The summed E-state index contributed by atoms with van der Waals surface area (Å²) in [6, 6.07) is 0. The highest BCUT2D eigenvalue weighted by molar-refractivity contribution is 7.47. The fourth-order valence-corrected chi connectivity index (χ4v) is 2.70. The summed E-state index contributed by atoms with van der Waals surface area (Å²) in [5.74, 6) is 0.828. The minimum atomic E-state index is -3.69. The first kappa shape index (κ1) is 21.3. The Morgan fingerprint density at radius 2 is 1.86 bits per heavy atom. The number of phosphoric ester groups is 1. The largest absolute Gasteiger partial charge is 0.472 e. The van der Waals surface area contributed by atoms with Gasteiger partial charge in [0, 0.05) is 18.9 Å². The molecule has 1 heterocycles. The van der Waals surface area contributed by atoms with Gasteiger partial charge in [0.1, 0.15) is 0 Å². The van der Waals surface area contributed by atoms with Crippen LogP contribution < -0.4 is 0 Å². The van der Waals surface area contributed by atoms with Gasteiger partial charge in [-0.25, -0.2) is 9.55 Å². The molecule has 130 valence electrons. The Labute approximate surface area is 134 Å². The summed E-state index contributed by atoms with van der Waals surface area (Å²) < 4.78 is 21.4. The van der Waals surface area contributed by atoms with E-state index in [0.29, 0.717) is 0 Å². The third kappa shape index (κ3) is 11.0. The minimum absolute atomic E-state index is 0.188. The van der Waals surface area contributed by atoms with Gasteiger partial charge in [0.25, 0.3) is 0 Å². The molecule has 0 aromatic carbocycles. The van der Waals surface area contributed by atoms with Gasteiger partial charge >= 0.3 is 7.82 Å². The summed E-state index contributed by atoms with van der Waals surface area (Å²) in [5.41, 5.74) is 0. The molecule has 0 aliphatic carbocycles. The fraction of sp³-hybridized carbons (Fsp3) is 0.800. The molecule has 6 nitrogen and oxygen atoms in total. The number of rotatable bonds is 10. The lowest BCUT2D eigenvalue weighted by Gasteiger charge is -2.14. The zero-order chi connectivity index (χ0) is 16.8. The van der Waals surface area contributed by atoms with Crippen LogP contribution in [-0.4, -0.2) is 27.7 Å². The second-order valence-corrected chi connectivity index (χ2v) is 6.43. The van der Waals surface area contributed by atoms with Crippen molar-refractivity contribution in [1.29, 1.82) is 0 Å². The van der Waals surface area contributed by atoms with Gasteiger partial charge in [-0.15, -0.1) is 0 Å². The Balaban J connectivity index is 0.000000433. The normalized spacial score (nSPS) is 12.6. The molecule has 0 fully saturated rings. The molecule has 7 heteroatoms. The molecule has 1 unspecified atom stereocenters. The Morgan fingerprint density at radius 3 is 2.27 bits per heavy atom. The highest BCUT2D eigenvalue weighted by Crippen LogP contribution is 2.42. The smallest absolute Gasteiger partial charge is 0.337 e. The molecule has 0 aliphatic rings. The molecule has 1 rings (SSSR count). The molecule has 0 spiro atoms. The van der Waals surface area contributed by atoms with Crippen LogP contribution in [0, 0.1) is 5.92 Å². The standard InChI is InChI=1S/C11H20N2.C4H11O4P/c1-3-5-6-11(4-2)9-13-8-7-12-10-13;1-3-7-9(5,6)8-4-2/h7-8,10-11H,3-6,9H2,1-2H3;3-4H2,1-2H3,(H,5,6). The minimum Gasteiger partial charge on any atom is -0.337 e. The fourth-order valence-electron chi connectivity index (χ4n) is 1.97. The summed E-state index contributed by atoms with van der Waals surface area (Å²) in [6.45, 7) is 9.29. The molecule has 0 saturated carbocycles. The van der Waals surface area contributed by atoms with Crippen molar-refractivity contribution in [3.05, 3.63) is 18.7 Å². The van der Waals surface area contributed by atoms with E-state index in [4.69, 9.17) is 4.89 Å². The lowest BCUT2D eigenvalue weighted by atomic mass is 9.99. The van der Waals surface area contributed by atoms with Gasteiger partial charge in [0.05, 0.1) is 19.5 Å². The van der Waals surface area contributed by atoms with Crippen molar-refractivity contribution in [2.45, 2.75) is 59.9 Å². The van der Waals surface area contributed by atoms with Crippen molar-refractivity contribution in [3.8, 4) is 0 Å². The lowest BCUT2D eigenvalue weighted by molar-refractivity contribution is 0.161. The number of phosphoric acid groups is 1. The van der Waals surface area contributed by atoms with E-state index in [2.05, 4.69) is 38.6 Å². The molecule has 0 aliphatic heterocycles. The predicted molar refractivity (Wildman–Crippen MR) is 88.6 cm³/mol. The highest BCUT2D eigenvalue weighted by Gasteiger charge is 2.17. The van der Waals surface area contributed by atoms with Gasteiger partial charge in [-0.05, 0) is 26.2 Å². The quantitative estimate of drug-likeness (QED) is 0.647. The van der Waals surface area contributed by atoms with Crippen molar-refractivity contribution in [2.24, 2.45) is 5.92 Å². The van der Waals surface area contributed by atoms with Gasteiger partial charge in [0.2, 0.25) is 0 Å². The van der Waals surface area contributed by atoms with E-state index in [1.807, 2.05) is 12.5 Å². The molecule has 0 bridgehead atoms. The molecule has 1 N–H and O–H groups in total. The zero-order valence-corrected chi connectivity index (χ0v) is 15.2. The highest BCUT2D eigenvalue weighted by atomic mass is 31.2. The Bertz CT molecular complexity index is 388. The van der Waals surface area contributed by atoms with Crippen molar-refractivity contribution in [2.75, 3.05) is 13.2 Å². The molecular weight excluding hydrogens is 303 g/mol. The summed E-state index contributed by atoms with van der Waals surface area (Å²) in [4.78, 5) is 12.7. The summed E-state index contributed by atoms with van der Waals surface area (Å²) >= 11 is 0. The number of aromatic nitrogens is 2. The second kappa shape index (κ2) is 12.8. The van der Waals surface area contributed by atoms with Crippen molar-refractivity contribution in [3.63, 3.8) is 0 Å². The summed E-state index contributed by atoms with van der Waals surface area (Å²) in [5, 5.41) is 0. The monoisotopic (exact) mass is 334 g/mol. The molecule has 22 heavy (non-hydrogen) atoms. The molecule has 0 amide bonds. The van der Waals surface area contributed by atoms with Crippen LogP contribution in [0.25, 0.3) is 0 Å². The van der Waals surface area contributed by atoms with E-state index in [1.165, 1.54) is 25.7 Å². The first-order valence-electron chi connectivity index (χ1n) is 8.06. The van der Waals surface area contributed by atoms with Crippen LogP contribution in [0.5, 0.6) is 0 Å². The number of hydrogen-bond donors (Lipinski definition) is 1. The van der Waals surface area contributed by atoms with Gasteiger partial charge < -0.3 is 9.46 Å². The van der Waals surface area contributed by atoms with E-state index < -0.39 is 7.82 Å². The number of hydrogen-bond acceptors (Lipinski definition) is 4. The first-order chi connectivity index (χ1) is 10.5. The summed E-state index contributed by atoms with van der Waals surface area (Å²) in [6.07, 6.45) is 11.1. The van der Waals surface area contributed by atoms with Crippen LogP contribution >= 0.6 is 7.82 Å². The van der Waals surface area contributed by atoms with Gasteiger partial charge in [-0.3, -0.25) is 9.05 Å². The third-order valence-electron chi connectivity index (χ3n) is 3.16. The second-order valence-electron chi connectivity index (χ2n) is 4.98.